The van der Waals surface area contributed by atoms with Crippen LogP contribution in [0.25, 0.3) is 0 Å². The third-order valence-electron chi connectivity index (χ3n) is 2.69. The van der Waals surface area contributed by atoms with Crippen LogP contribution < -0.4 is 5.32 Å². The Morgan fingerprint density at radius 3 is 2.55 bits per heavy atom. The van der Waals surface area contributed by atoms with Gasteiger partial charge in [0.1, 0.15) is 0 Å². The van der Waals surface area contributed by atoms with E-state index in [4.69, 9.17) is 11.6 Å². The van der Waals surface area contributed by atoms with Crippen molar-refractivity contribution in [2.45, 2.75) is 19.6 Å². The maximum Gasteiger partial charge on any atom is 0.416 e. The van der Waals surface area contributed by atoms with Gasteiger partial charge in [0.25, 0.3) is 0 Å². The average Bonchev–Trinajstić information content (AvgIpc) is 2.36. The molecule has 0 atom stereocenters. The molecule has 0 aliphatic carbocycles. The molecule has 6 heteroatoms. The molecule has 0 amide bonds. The summed E-state index contributed by atoms with van der Waals surface area (Å²) in [5.41, 5.74) is 1.32. The molecule has 0 aliphatic heterocycles. The Bertz CT molecular complexity index is 594. The van der Waals surface area contributed by atoms with Crippen molar-refractivity contribution in [2.24, 2.45) is 0 Å². The molecule has 1 heterocycles. The van der Waals surface area contributed by atoms with Crippen LogP contribution in [0.4, 0.5) is 18.9 Å². The first kappa shape index (κ1) is 14.7. The minimum Gasteiger partial charge on any atom is -0.381 e. The van der Waals surface area contributed by atoms with Crippen molar-refractivity contribution in [1.82, 2.24) is 4.98 Å². The predicted octanol–water partition coefficient (Wildman–Crippen LogP) is 4.67. The second kappa shape index (κ2) is 5.71. The summed E-state index contributed by atoms with van der Waals surface area (Å²) in [6.45, 7) is 2.24. The van der Waals surface area contributed by atoms with Gasteiger partial charge >= 0.3 is 6.18 Å². The van der Waals surface area contributed by atoms with Gasteiger partial charge in [0.2, 0.25) is 0 Å². The Morgan fingerprint density at radius 1 is 1.20 bits per heavy atom. The summed E-state index contributed by atoms with van der Waals surface area (Å²) < 4.78 is 38.0. The fourth-order valence-corrected chi connectivity index (χ4v) is 1.90. The summed E-state index contributed by atoms with van der Waals surface area (Å²) in [6, 6.07) is 7.10. The van der Waals surface area contributed by atoms with Crippen LogP contribution in [-0.4, -0.2) is 4.98 Å². The molecule has 0 aliphatic rings. The number of anilines is 1. The fraction of sp³-hybridized carbons (Fsp3) is 0.214. The second-order valence-corrected chi connectivity index (χ2v) is 4.82. The topological polar surface area (TPSA) is 24.9 Å². The van der Waals surface area contributed by atoms with Gasteiger partial charge in [-0.05, 0) is 36.8 Å². The summed E-state index contributed by atoms with van der Waals surface area (Å²) in [5, 5.41) is 2.95. The minimum absolute atomic E-state index is 0.0457. The van der Waals surface area contributed by atoms with Crippen LogP contribution in [0.1, 0.15) is 16.8 Å². The maximum atomic E-state index is 12.7. The highest BCUT2D eigenvalue weighted by molar-refractivity contribution is 6.30. The van der Waals surface area contributed by atoms with E-state index in [2.05, 4.69) is 10.3 Å². The Labute approximate surface area is 119 Å². The van der Waals surface area contributed by atoms with Gasteiger partial charge in [-0.3, -0.25) is 4.98 Å². The monoisotopic (exact) mass is 300 g/mol. The second-order valence-electron chi connectivity index (χ2n) is 4.39. The smallest absolute Gasteiger partial charge is 0.381 e. The molecule has 1 aromatic carbocycles. The van der Waals surface area contributed by atoms with Crippen LogP contribution in [0.2, 0.25) is 5.02 Å². The molecular weight excluding hydrogens is 289 g/mol. The molecule has 0 radical (unpaired) electrons. The van der Waals surface area contributed by atoms with E-state index < -0.39 is 11.7 Å². The van der Waals surface area contributed by atoms with Crippen molar-refractivity contribution in [2.75, 3.05) is 5.32 Å². The molecule has 106 valence electrons. The number of nitrogens with zero attached hydrogens (tertiary/aromatic N) is 1. The molecule has 0 spiro atoms. The summed E-state index contributed by atoms with van der Waals surface area (Å²) in [4.78, 5) is 4.12. The number of hydrogen-bond acceptors (Lipinski definition) is 2. The van der Waals surface area contributed by atoms with Crippen LogP contribution in [0, 0.1) is 6.92 Å². The number of nitrogens with one attached hydrogen (secondary N) is 1. The molecule has 0 saturated carbocycles. The lowest BCUT2D eigenvalue weighted by molar-refractivity contribution is -0.137. The Morgan fingerprint density at radius 2 is 1.95 bits per heavy atom. The van der Waals surface area contributed by atoms with Gasteiger partial charge in [0, 0.05) is 29.1 Å². The Hall–Kier alpha value is -1.75. The first-order chi connectivity index (χ1) is 9.34. The third-order valence-corrected chi connectivity index (χ3v) is 2.91. The van der Waals surface area contributed by atoms with Gasteiger partial charge in [-0.25, -0.2) is 0 Å². The number of rotatable bonds is 3. The summed E-state index contributed by atoms with van der Waals surface area (Å²) in [5.74, 6) is 0. The van der Waals surface area contributed by atoms with Crippen molar-refractivity contribution in [1.29, 1.82) is 0 Å². The largest absolute Gasteiger partial charge is 0.416 e. The van der Waals surface area contributed by atoms with Gasteiger partial charge in [-0.15, -0.1) is 0 Å². The number of aromatic nitrogens is 1. The van der Waals surface area contributed by atoms with Crippen LogP contribution in [0.5, 0.6) is 0 Å². The lowest BCUT2D eigenvalue weighted by Crippen LogP contribution is -2.07. The molecule has 0 saturated heterocycles. The van der Waals surface area contributed by atoms with Gasteiger partial charge in [-0.2, -0.15) is 13.2 Å². The normalized spacial score (nSPS) is 11.4. The van der Waals surface area contributed by atoms with Gasteiger partial charge in [-0.1, -0.05) is 17.7 Å². The van der Waals surface area contributed by atoms with Gasteiger partial charge in [0.05, 0.1) is 5.56 Å². The summed E-state index contributed by atoms with van der Waals surface area (Å²) in [6.07, 6.45) is -2.73. The van der Waals surface area contributed by atoms with E-state index in [1.54, 1.807) is 6.20 Å². The number of alkyl halides is 3. The third kappa shape index (κ3) is 3.87. The minimum atomic E-state index is -4.41. The molecule has 20 heavy (non-hydrogen) atoms. The zero-order chi connectivity index (χ0) is 14.8. The van der Waals surface area contributed by atoms with E-state index in [9.17, 15) is 13.2 Å². The quantitative estimate of drug-likeness (QED) is 0.890. The summed E-state index contributed by atoms with van der Waals surface area (Å²) in [7, 11) is 0. The molecule has 2 aromatic rings. The lowest BCUT2D eigenvalue weighted by atomic mass is 10.2. The van der Waals surface area contributed by atoms with Crippen molar-refractivity contribution in [3.05, 3.63) is 58.4 Å². The van der Waals surface area contributed by atoms with Crippen molar-refractivity contribution >= 4 is 17.3 Å². The molecule has 2 nitrogen and oxygen atoms in total. The van der Waals surface area contributed by atoms with Crippen molar-refractivity contribution in [3.8, 4) is 0 Å². The first-order valence-corrected chi connectivity index (χ1v) is 6.25. The summed E-state index contributed by atoms with van der Waals surface area (Å²) >= 11 is 5.71. The first-order valence-electron chi connectivity index (χ1n) is 5.88. The molecule has 0 unspecified atom stereocenters. The van der Waals surface area contributed by atoms with Crippen LogP contribution in [-0.2, 0) is 12.7 Å². The highest BCUT2D eigenvalue weighted by atomic mass is 35.5. The molecule has 1 aromatic heterocycles. The number of hydrogen-bond donors (Lipinski definition) is 1. The molecule has 0 fully saturated rings. The SMILES string of the molecule is Cc1ccc(CNc2cc(Cl)cc(C(F)(F)F)c2)cn1. The van der Waals surface area contributed by atoms with E-state index in [1.165, 1.54) is 6.07 Å². The maximum absolute atomic E-state index is 12.7. The zero-order valence-corrected chi connectivity index (χ0v) is 11.4. The highest BCUT2D eigenvalue weighted by Crippen LogP contribution is 2.33. The number of halogens is 4. The Balaban J connectivity index is 2.13. The van der Waals surface area contributed by atoms with Gasteiger partial charge in [0.15, 0.2) is 0 Å². The van der Waals surface area contributed by atoms with E-state index in [0.29, 0.717) is 12.2 Å². The van der Waals surface area contributed by atoms with Crippen molar-refractivity contribution < 1.29 is 13.2 Å². The average molecular weight is 301 g/mol. The zero-order valence-electron chi connectivity index (χ0n) is 10.6. The molecule has 0 bridgehead atoms. The standard InChI is InChI=1S/C14H12ClF3N2/c1-9-2-3-10(7-19-9)8-20-13-5-11(14(16,17)18)4-12(15)6-13/h2-7,20H,8H2,1H3. The molecule has 1 N–H and O–H groups in total. The molecule has 2 rings (SSSR count). The van der Waals surface area contributed by atoms with Crippen LogP contribution in [0.3, 0.4) is 0 Å². The highest BCUT2D eigenvalue weighted by Gasteiger charge is 2.31. The Kier molecular flexibility index (Phi) is 4.18. The van der Waals surface area contributed by atoms with Crippen LogP contribution >= 0.6 is 11.6 Å². The number of pyridine rings is 1. The predicted molar refractivity (Wildman–Crippen MR) is 72.8 cm³/mol. The lowest BCUT2D eigenvalue weighted by Gasteiger charge is -2.11. The number of aryl methyl sites for hydroxylation is 1. The molecular formula is C14H12ClF3N2. The van der Waals surface area contributed by atoms with E-state index in [-0.39, 0.29) is 5.02 Å². The van der Waals surface area contributed by atoms with Gasteiger partial charge < -0.3 is 5.32 Å². The van der Waals surface area contributed by atoms with E-state index in [1.807, 2.05) is 19.1 Å². The number of benzene rings is 1. The fourth-order valence-electron chi connectivity index (χ4n) is 1.66. The van der Waals surface area contributed by atoms with E-state index >= 15 is 0 Å². The van der Waals surface area contributed by atoms with Crippen LogP contribution in [0.15, 0.2) is 36.5 Å². The van der Waals surface area contributed by atoms with E-state index in [0.717, 1.165) is 23.4 Å². The van der Waals surface area contributed by atoms with Crippen molar-refractivity contribution in [3.63, 3.8) is 0 Å².